The van der Waals surface area contributed by atoms with Crippen LogP contribution < -0.4 is 4.90 Å². The lowest BCUT2D eigenvalue weighted by Crippen LogP contribution is -2.47. The van der Waals surface area contributed by atoms with Gasteiger partial charge in [0, 0.05) is 50.6 Å². The maximum Gasteiger partial charge on any atom is 0.128 e. The van der Waals surface area contributed by atoms with Gasteiger partial charge in [-0.15, -0.1) is 0 Å². The van der Waals surface area contributed by atoms with Crippen molar-refractivity contribution in [2.45, 2.75) is 6.10 Å². The third kappa shape index (κ3) is 3.13. The van der Waals surface area contributed by atoms with Crippen molar-refractivity contribution in [1.82, 2.24) is 14.9 Å². The van der Waals surface area contributed by atoms with Crippen molar-refractivity contribution in [2.24, 2.45) is 0 Å². The molecule has 0 amide bonds. The quantitative estimate of drug-likeness (QED) is 0.774. The van der Waals surface area contributed by atoms with E-state index in [0.29, 0.717) is 6.54 Å². The highest BCUT2D eigenvalue weighted by molar-refractivity contribution is 5.79. The van der Waals surface area contributed by atoms with E-state index in [-0.39, 0.29) is 0 Å². The van der Waals surface area contributed by atoms with E-state index < -0.39 is 6.10 Å². The third-order valence-corrected chi connectivity index (χ3v) is 4.74. The van der Waals surface area contributed by atoms with Crippen molar-refractivity contribution in [3.8, 4) is 0 Å². The van der Waals surface area contributed by atoms with Crippen LogP contribution in [0.3, 0.4) is 0 Å². The molecule has 3 aromatic rings. The average molecular weight is 322 g/mol. The molecule has 24 heavy (non-hydrogen) atoms. The number of benzene rings is 1. The van der Waals surface area contributed by atoms with Crippen molar-refractivity contribution in [2.75, 3.05) is 37.6 Å². The predicted molar refractivity (Wildman–Crippen MR) is 96.1 cm³/mol. The number of β-amino-alcohol motifs (C(OH)–C–C–N with tert-alkyl or cyclic N) is 1. The first-order valence-electron chi connectivity index (χ1n) is 8.43. The summed E-state index contributed by atoms with van der Waals surface area (Å²) in [6.45, 7) is 4.44. The van der Waals surface area contributed by atoms with Gasteiger partial charge in [-0.1, -0.05) is 18.2 Å². The second kappa shape index (κ2) is 6.63. The number of aromatic amines is 1. The van der Waals surface area contributed by atoms with E-state index >= 15 is 0 Å². The molecule has 2 N–H and O–H groups in total. The fourth-order valence-corrected chi connectivity index (χ4v) is 3.32. The van der Waals surface area contributed by atoms with Crippen molar-refractivity contribution >= 4 is 16.7 Å². The van der Waals surface area contributed by atoms with Gasteiger partial charge in [-0.05, 0) is 35.2 Å². The lowest BCUT2D eigenvalue weighted by molar-refractivity contribution is 0.109. The number of pyridine rings is 1. The van der Waals surface area contributed by atoms with Gasteiger partial charge in [0.1, 0.15) is 5.82 Å². The monoisotopic (exact) mass is 322 g/mol. The summed E-state index contributed by atoms with van der Waals surface area (Å²) in [5.74, 6) is 1.04. The van der Waals surface area contributed by atoms with Crippen molar-refractivity contribution in [3.63, 3.8) is 0 Å². The van der Waals surface area contributed by atoms with E-state index in [2.05, 4.69) is 31.9 Å². The molecule has 5 heteroatoms. The molecule has 1 saturated heterocycles. The molecule has 1 aromatic carbocycles. The Hall–Kier alpha value is -2.37. The summed E-state index contributed by atoms with van der Waals surface area (Å²) >= 11 is 0. The fourth-order valence-electron chi connectivity index (χ4n) is 3.32. The van der Waals surface area contributed by atoms with Gasteiger partial charge >= 0.3 is 0 Å². The number of aliphatic hydroxyl groups is 1. The fraction of sp³-hybridized carbons (Fsp3) is 0.316. The van der Waals surface area contributed by atoms with Crippen LogP contribution in [-0.4, -0.2) is 52.7 Å². The summed E-state index contributed by atoms with van der Waals surface area (Å²) in [4.78, 5) is 12.2. The van der Waals surface area contributed by atoms with Gasteiger partial charge in [0.05, 0.1) is 6.10 Å². The topological polar surface area (TPSA) is 55.4 Å². The molecule has 1 aliphatic heterocycles. The highest BCUT2D eigenvalue weighted by atomic mass is 16.3. The lowest BCUT2D eigenvalue weighted by atomic mass is 10.1. The largest absolute Gasteiger partial charge is 0.387 e. The molecule has 0 aliphatic carbocycles. The Morgan fingerprint density at radius 3 is 2.75 bits per heavy atom. The molecule has 5 nitrogen and oxygen atoms in total. The number of H-pyrrole nitrogens is 1. The number of aliphatic hydroxyl groups excluding tert-OH is 1. The van der Waals surface area contributed by atoms with E-state index in [1.807, 2.05) is 42.7 Å². The van der Waals surface area contributed by atoms with E-state index in [4.69, 9.17) is 0 Å². The van der Waals surface area contributed by atoms with Crippen LogP contribution in [-0.2, 0) is 0 Å². The summed E-state index contributed by atoms with van der Waals surface area (Å²) in [5.41, 5.74) is 2.05. The molecule has 4 rings (SSSR count). The van der Waals surface area contributed by atoms with Gasteiger partial charge in [-0.2, -0.15) is 0 Å². The maximum atomic E-state index is 10.6. The Labute approximate surface area is 141 Å². The predicted octanol–water partition coefficient (Wildman–Crippen LogP) is 2.42. The molecule has 1 aliphatic rings. The minimum absolute atomic E-state index is 0.459. The molecule has 124 valence electrons. The zero-order valence-electron chi connectivity index (χ0n) is 13.6. The van der Waals surface area contributed by atoms with Crippen LogP contribution in [0.25, 0.3) is 10.9 Å². The Kier molecular flexibility index (Phi) is 4.19. The molecule has 1 atom stereocenters. The average Bonchev–Trinajstić information content (AvgIpc) is 3.11. The summed E-state index contributed by atoms with van der Waals surface area (Å²) in [7, 11) is 0. The highest BCUT2D eigenvalue weighted by Gasteiger charge is 2.20. The van der Waals surface area contributed by atoms with E-state index in [0.717, 1.165) is 43.1 Å². The van der Waals surface area contributed by atoms with Crippen LogP contribution in [0.4, 0.5) is 5.82 Å². The summed E-state index contributed by atoms with van der Waals surface area (Å²) < 4.78 is 0. The molecule has 3 heterocycles. The van der Waals surface area contributed by atoms with Crippen molar-refractivity contribution in [1.29, 1.82) is 0 Å². The number of rotatable bonds is 4. The number of anilines is 1. The molecular formula is C19H22N4O. The number of piperazine rings is 1. The van der Waals surface area contributed by atoms with E-state index in [9.17, 15) is 5.11 Å². The molecule has 0 saturated carbocycles. The van der Waals surface area contributed by atoms with Crippen LogP contribution in [0.15, 0.2) is 54.9 Å². The normalized spacial score (nSPS) is 17.3. The first-order chi connectivity index (χ1) is 11.8. The number of aromatic nitrogens is 2. The summed E-state index contributed by atoms with van der Waals surface area (Å²) in [5, 5.41) is 11.7. The maximum absolute atomic E-state index is 10.6. The Morgan fingerprint density at radius 2 is 1.96 bits per heavy atom. The molecule has 2 aromatic heterocycles. The SMILES string of the molecule is OC(CN1CCN(c2ccccn2)CC1)c1ccc2cc[nH]c2c1. The summed E-state index contributed by atoms with van der Waals surface area (Å²) in [6, 6.07) is 14.2. The van der Waals surface area contributed by atoms with E-state index in [1.54, 1.807) is 0 Å². The zero-order valence-corrected chi connectivity index (χ0v) is 13.6. The van der Waals surface area contributed by atoms with Gasteiger partial charge in [0.25, 0.3) is 0 Å². The number of hydrogen-bond donors (Lipinski definition) is 2. The molecule has 0 radical (unpaired) electrons. The Morgan fingerprint density at radius 1 is 1.08 bits per heavy atom. The molecule has 1 fully saturated rings. The van der Waals surface area contributed by atoms with Crippen LogP contribution >= 0.6 is 0 Å². The summed E-state index contributed by atoms with van der Waals surface area (Å²) in [6.07, 6.45) is 3.30. The molecular weight excluding hydrogens is 300 g/mol. The zero-order chi connectivity index (χ0) is 16.4. The first-order valence-corrected chi connectivity index (χ1v) is 8.43. The van der Waals surface area contributed by atoms with Crippen LogP contribution in [0.1, 0.15) is 11.7 Å². The molecule has 0 spiro atoms. The van der Waals surface area contributed by atoms with Crippen LogP contribution in [0, 0.1) is 0 Å². The Bertz CT molecular complexity index is 793. The van der Waals surface area contributed by atoms with Gasteiger partial charge < -0.3 is 15.0 Å². The first kappa shape index (κ1) is 15.2. The second-order valence-corrected chi connectivity index (χ2v) is 6.32. The van der Waals surface area contributed by atoms with Gasteiger partial charge in [-0.3, -0.25) is 4.90 Å². The second-order valence-electron chi connectivity index (χ2n) is 6.32. The smallest absolute Gasteiger partial charge is 0.128 e. The highest BCUT2D eigenvalue weighted by Crippen LogP contribution is 2.21. The number of nitrogens with one attached hydrogen (secondary N) is 1. The van der Waals surface area contributed by atoms with Crippen LogP contribution in [0.5, 0.6) is 0 Å². The lowest BCUT2D eigenvalue weighted by Gasteiger charge is -2.36. The minimum Gasteiger partial charge on any atom is -0.387 e. The van der Waals surface area contributed by atoms with Crippen molar-refractivity contribution in [3.05, 3.63) is 60.4 Å². The molecule has 1 unspecified atom stereocenters. The number of fused-ring (bicyclic) bond motifs is 1. The van der Waals surface area contributed by atoms with Crippen molar-refractivity contribution < 1.29 is 5.11 Å². The standard InChI is InChI=1S/C19H22N4O/c24-18(16-5-4-15-6-8-20-17(15)13-16)14-22-9-11-23(12-10-22)19-3-1-2-7-21-19/h1-8,13,18,20,24H,9-12,14H2. The van der Waals surface area contributed by atoms with E-state index in [1.165, 1.54) is 5.39 Å². The third-order valence-electron chi connectivity index (χ3n) is 4.74. The number of nitrogens with zero attached hydrogens (tertiary/aromatic N) is 3. The van der Waals surface area contributed by atoms with Crippen LogP contribution in [0.2, 0.25) is 0 Å². The molecule has 0 bridgehead atoms. The van der Waals surface area contributed by atoms with Gasteiger partial charge in [-0.25, -0.2) is 4.98 Å². The minimum atomic E-state index is -0.459. The van der Waals surface area contributed by atoms with Gasteiger partial charge in [0.15, 0.2) is 0 Å². The van der Waals surface area contributed by atoms with Gasteiger partial charge in [0.2, 0.25) is 0 Å². The number of hydrogen-bond acceptors (Lipinski definition) is 4. The Balaban J connectivity index is 1.36.